The summed E-state index contributed by atoms with van der Waals surface area (Å²) in [6.45, 7) is 9.64. The molecule has 5 heteroatoms. The minimum atomic E-state index is -0.414. The maximum atomic E-state index is 12.2. The second-order valence-corrected chi connectivity index (χ2v) is 9.43. The lowest BCUT2D eigenvalue weighted by Crippen LogP contribution is -2.41. The summed E-state index contributed by atoms with van der Waals surface area (Å²) in [7, 11) is 0. The predicted octanol–water partition coefficient (Wildman–Crippen LogP) is 5.04. The molecular weight excluding hydrogens is 352 g/mol. The van der Waals surface area contributed by atoms with Gasteiger partial charge in [0, 0.05) is 31.9 Å². The van der Waals surface area contributed by atoms with Crippen LogP contribution in [-0.4, -0.2) is 47.9 Å². The number of carbonyl (C=O) groups excluding carboxylic acids is 1. The molecule has 156 valence electrons. The lowest BCUT2D eigenvalue weighted by Gasteiger charge is -2.36. The van der Waals surface area contributed by atoms with Gasteiger partial charge in [-0.2, -0.15) is 0 Å². The second kappa shape index (κ2) is 9.06. The minimum absolute atomic E-state index is 0.160. The zero-order valence-corrected chi connectivity index (χ0v) is 17.7. The van der Waals surface area contributed by atoms with Crippen molar-refractivity contribution in [2.45, 2.75) is 64.9 Å². The molecule has 0 unspecified atom stereocenters. The smallest absolute Gasteiger partial charge is 0.410 e. The Labute approximate surface area is 169 Å². The van der Waals surface area contributed by atoms with E-state index in [-0.39, 0.29) is 6.09 Å². The lowest BCUT2D eigenvalue weighted by atomic mass is 9.85. The molecule has 1 aromatic rings. The lowest BCUT2D eigenvalue weighted by molar-refractivity contribution is 0.0178. The van der Waals surface area contributed by atoms with E-state index >= 15 is 0 Å². The normalized spacial score (nSPS) is 19.7. The Bertz CT molecular complexity index is 622. The van der Waals surface area contributed by atoms with Gasteiger partial charge in [0.25, 0.3) is 0 Å². The van der Waals surface area contributed by atoms with Gasteiger partial charge in [-0.1, -0.05) is 12.8 Å². The van der Waals surface area contributed by atoms with Crippen LogP contribution < -0.4 is 4.90 Å². The number of piperidine rings is 2. The molecule has 3 rings (SSSR count). The SMILES string of the molecule is CC(C)(C)OC(=O)N1CCC(CCC2CCN(c3ccc(O)cc3)CC2)CC1. The van der Waals surface area contributed by atoms with Crippen molar-refractivity contribution in [3.8, 4) is 5.75 Å². The summed E-state index contributed by atoms with van der Waals surface area (Å²) in [5.41, 5.74) is 0.800. The molecule has 0 bridgehead atoms. The number of benzene rings is 1. The van der Waals surface area contributed by atoms with Crippen molar-refractivity contribution in [3.05, 3.63) is 24.3 Å². The Morgan fingerprint density at radius 1 is 0.964 bits per heavy atom. The molecule has 1 N–H and O–H groups in total. The Hall–Kier alpha value is -1.91. The maximum Gasteiger partial charge on any atom is 0.410 e. The molecule has 1 amide bonds. The van der Waals surface area contributed by atoms with Crippen molar-refractivity contribution in [1.29, 1.82) is 0 Å². The number of phenols is 1. The summed E-state index contributed by atoms with van der Waals surface area (Å²) in [6.07, 6.45) is 7.13. The highest BCUT2D eigenvalue weighted by molar-refractivity contribution is 5.68. The number of likely N-dealkylation sites (tertiary alicyclic amines) is 1. The predicted molar refractivity (Wildman–Crippen MR) is 113 cm³/mol. The van der Waals surface area contributed by atoms with Gasteiger partial charge in [0.2, 0.25) is 0 Å². The van der Waals surface area contributed by atoms with E-state index in [0.717, 1.165) is 50.9 Å². The Morgan fingerprint density at radius 2 is 1.46 bits per heavy atom. The Balaban J connectivity index is 1.34. The molecule has 2 aliphatic rings. The fraction of sp³-hybridized carbons (Fsp3) is 0.696. The molecule has 0 aliphatic carbocycles. The molecule has 2 saturated heterocycles. The first-order valence-corrected chi connectivity index (χ1v) is 10.8. The monoisotopic (exact) mass is 388 g/mol. The van der Waals surface area contributed by atoms with Crippen molar-refractivity contribution in [2.24, 2.45) is 11.8 Å². The van der Waals surface area contributed by atoms with Gasteiger partial charge >= 0.3 is 6.09 Å². The quantitative estimate of drug-likeness (QED) is 0.785. The molecule has 2 fully saturated rings. The van der Waals surface area contributed by atoms with Gasteiger partial charge in [-0.3, -0.25) is 0 Å². The van der Waals surface area contributed by atoms with E-state index in [1.54, 1.807) is 12.1 Å². The largest absolute Gasteiger partial charge is 0.508 e. The first-order valence-electron chi connectivity index (χ1n) is 10.8. The van der Waals surface area contributed by atoms with E-state index in [9.17, 15) is 9.90 Å². The number of hydrogen-bond donors (Lipinski definition) is 1. The summed E-state index contributed by atoms with van der Waals surface area (Å²) in [4.78, 5) is 16.5. The third kappa shape index (κ3) is 6.05. The number of amides is 1. The molecule has 1 aromatic carbocycles. The van der Waals surface area contributed by atoms with Crippen LogP contribution in [0.3, 0.4) is 0 Å². The average molecular weight is 389 g/mol. The fourth-order valence-corrected chi connectivity index (χ4v) is 4.35. The van der Waals surface area contributed by atoms with Gasteiger partial charge < -0.3 is 19.6 Å². The van der Waals surface area contributed by atoms with E-state index in [1.807, 2.05) is 37.8 Å². The van der Waals surface area contributed by atoms with E-state index in [2.05, 4.69) is 4.90 Å². The Morgan fingerprint density at radius 3 is 1.96 bits per heavy atom. The molecule has 0 atom stereocenters. The molecule has 0 spiro atoms. The Kier molecular flexibility index (Phi) is 6.73. The van der Waals surface area contributed by atoms with Crippen LogP contribution in [-0.2, 0) is 4.74 Å². The number of nitrogens with zero attached hydrogens (tertiary/aromatic N) is 2. The van der Waals surface area contributed by atoms with Crippen molar-refractivity contribution >= 4 is 11.8 Å². The van der Waals surface area contributed by atoms with E-state index in [4.69, 9.17) is 4.74 Å². The van der Waals surface area contributed by atoms with Crippen LogP contribution in [0.2, 0.25) is 0 Å². The molecule has 0 saturated carbocycles. The van der Waals surface area contributed by atoms with Gasteiger partial charge in [-0.05, 0) is 82.6 Å². The summed E-state index contributed by atoms with van der Waals surface area (Å²) < 4.78 is 5.49. The number of carbonyl (C=O) groups is 1. The van der Waals surface area contributed by atoms with Crippen molar-refractivity contribution < 1.29 is 14.6 Å². The van der Waals surface area contributed by atoms with Gasteiger partial charge in [0.15, 0.2) is 0 Å². The molecule has 2 aliphatic heterocycles. The van der Waals surface area contributed by atoms with Crippen LogP contribution in [0.15, 0.2) is 24.3 Å². The highest BCUT2D eigenvalue weighted by Crippen LogP contribution is 2.30. The van der Waals surface area contributed by atoms with Gasteiger partial charge in [0.1, 0.15) is 11.4 Å². The number of hydrogen-bond acceptors (Lipinski definition) is 4. The molecule has 5 nitrogen and oxygen atoms in total. The third-order valence-electron chi connectivity index (χ3n) is 6.08. The highest BCUT2D eigenvalue weighted by atomic mass is 16.6. The second-order valence-electron chi connectivity index (χ2n) is 9.43. The van der Waals surface area contributed by atoms with Crippen LogP contribution in [0.1, 0.15) is 59.3 Å². The first-order chi connectivity index (χ1) is 13.3. The van der Waals surface area contributed by atoms with Crippen molar-refractivity contribution in [2.75, 3.05) is 31.1 Å². The van der Waals surface area contributed by atoms with Crippen LogP contribution in [0, 0.1) is 11.8 Å². The summed E-state index contributed by atoms with van der Waals surface area (Å²) >= 11 is 0. The third-order valence-corrected chi connectivity index (χ3v) is 6.08. The van der Waals surface area contributed by atoms with Crippen LogP contribution in [0.25, 0.3) is 0 Å². The zero-order valence-electron chi connectivity index (χ0n) is 17.7. The zero-order chi connectivity index (χ0) is 20.1. The maximum absolute atomic E-state index is 12.2. The minimum Gasteiger partial charge on any atom is -0.508 e. The van der Waals surface area contributed by atoms with Crippen LogP contribution in [0.5, 0.6) is 5.75 Å². The van der Waals surface area contributed by atoms with Crippen LogP contribution >= 0.6 is 0 Å². The van der Waals surface area contributed by atoms with Crippen molar-refractivity contribution in [1.82, 2.24) is 4.90 Å². The van der Waals surface area contributed by atoms with Gasteiger partial charge in [0.05, 0.1) is 0 Å². The molecule has 0 radical (unpaired) electrons. The van der Waals surface area contributed by atoms with E-state index in [1.165, 1.54) is 31.4 Å². The van der Waals surface area contributed by atoms with Crippen LogP contribution in [0.4, 0.5) is 10.5 Å². The number of anilines is 1. The van der Waals surface area contributed by atoms with Gasteiger partial charge in [-0.15, -0.1) is 0 Å². The number of rotatable bonds is 4. The summed E-state index contributed by atoms with van der Waals surface area (Å²) in [5.74, 6) is 1.89. The highest BCUT2D eigenvalue weighted by Gasteiger charge is 2.27. The molecule has 2 heterocycles. The first kappa shape index (κ1) is 20.8. The van der Waals surface area contributed by atoms with Crippen molar-refractivity contribution in [3.63, 3.8) is 0 Å². The average Bonchev–Trinajstić information content (AvgIpc) is 2.66. The van der Waals surface area contributed by atoms with E-state index in [0.29, 0.717) is 5.75 Å². The van der Waals surface area contributed by atoms with Gasteiger partial charge in [-0.25, -0.2) is 4.79 Å². The summed E-state index contributed by atoms with van der Waals surface area (Å²) in [6, 6.07) is 7.55. The number of phenolic OH excluding ortho intramolecular Hbond substituents is 1. The number of aromatic hydroxyl groups is 1. The standard InChI is InChI=1S/C23H36N2O3/c1-23(2,3)28-22(27)25-16-12-19(13-17-25)5-4-18-10-14-24(15-11-18)20-6-8-21(26)9-7-20/h6-9,18-19,26H,4-5,10-17H2,1-3H3. The molecule has 0 aromatic heterocycles. The summed E-state index contributed by atoms with van der Waals surface area (Å²) in [5, 5.41) is 9.44. The topological polar surface area (TPSA) is 53.0 Å². The molecule has 28 heavy (non-hydrogen) atoms. The number of ether oxygens (including phenoxy) is 1. The molecular formula is C23H36N2O3. The van der Waals surface area contributed by atoms with E-state index < -0.39 is 5.60 Å². The fourth-order valence-electron chi connectivity index (χ4n) is 4.35.